The molecule has 1 aliphatic carbocycles. The van der Waals surface area contributed by atoms with E-state index in [9.17, 15) is 4.79 Å². The van der Waals surface area contributed by atoms with Crippen LogP contribution in [0.15, 0.2) is 29.1 Å². The Morgan fingerprint density at radius 2 is 1.91 bits per heavy atom. The molecule has 1 N–H and O–H groups in total. The lowest BCUT2D eigenvalue weighted by molar-refractivity contribution is 0.146. The van der Waals surface area contributed by atoms with E-state index in [0.29, 0.717) is 24.1 Å². The van der Waals surface area contributed by atoms with Crippen LogP contribution >= 0.6 is 0 Å². The van der Waals surface area contributed by atoms with Gasteiger partial charge < -0.3 is 9.72 Å². The molecule has 1 atom stereocenters. The van der Waals surface area contributed by atoms with Crippen LogP contribution in [-0.4, -0.2) is 49.8 Å². The van der Waals surface area contributed by atoms with Crippen LogP contribution in [0.4, 0.5) is 0 Å². The molecule has 8 heteroatoms. The number of tetrazole rings is 1. The molecular weight excluding hydrogens is 416 g/mol. The molecule has 1 aromatic carbocycles. The van der Waals surface area contributed by atoms with Crippen molar-refractivity contribution < 1.29 is 4.74 Å². The fourth-order valence-corrected chi connectivity index (χ4v) is 5.41. The summed E-state index contributed by atoms with van der Waals surface area (Å²) < 4.78 is 7.72. The van der Waals surface area contributed by atoms with Gasteiger partial charge in [-0.25, -0.2) is 4.68 Å². The van der Waals surface area contributed by atoms with Gasteiger partial charge in [0.15, 0.2) is 5.82 Å². The molecule has 0 bridgehead atoms. The molecule has 0 unspecified atom stereocenters. The lowest BCUT2D eigenvalue weighted by atomic mass is 9.93. The van der Waals surface area contributed by atoms with Gasteiger partial charge in [0.2, 0.25) is 0 Å². The van der Waals surface area contributed by atoms with E-state index in [-0.39, 0.29) is 11.6 Å². The van der Waals surface area contributed by atoms with Gasteiger partial charge in [0.1, 0.15) is 11.8 Å². The number of nitrogens with zero attached hydrogens (tertiary/aromatic N) is 5. The van der Waals surface area contributed by atoms with Crippen LogP contribution in [0.25, 0.3) is 10.9 Å². The molecule has 1 aliphatic heterocycles. The Kier molecular flexibility index (Phi) is 6.44. The normalized spacial score (nSPS) is 19.7. The Morgan fingerprint density at radius 3 is 2.67 bits per heavy atom. The first kappa shape index (κ1) is 22.1. The highest BCUT2D eigenvalue weighted by molar-refractivity contribution is 5.80. The fourth-order valence-electron chi connectivity index (χ4n) is 5.41. The first-order valence-corrected chi connectivity index (χ1v) is 12.5. The summed E-state index contributed by atoms with van der Waals surface area (Å²) in [5, 5.41) is 14.0. The molecule has 1 saturated carbocycles. The van der Waals surface area contributed by atoms with Crippen molar-refractivity contribution in [3.63, 3.8) is 0 Å². The number of piperidine rings is 1. The molecule has 0 amide bonds. The topological polar surface area (TPSA) is 88.9 Å². The zero-order valence-corrected chi connectivity index (χ0v) is 19.7. The fraction of sp³-hybridized carbons (Fsp3) is 0.600. The smallest absolute Gasteiger partial charge is 0.253 e. The van der Waals surface area contributed by atoms with E-state index in [1.807, 2.05) is 35.9 Å². The second-order valence-corrected chi connectivity index (χ2v) is 9.63. The molecular formula is C25H34N6O2. The molecule has 2 aromatic heterocycles. The lowest BCUT2D eigenvalue weighted by Crippen LogP contribution is -2.40. The van der Waals surface area contributed by atoms with Gasteiger partial charge in [-0.15, -0.1) is 5.10 Å². The van der Waals surface area contributed by atoms with Crippen LogP contribution in [0.1, 0.15) is 82.3 Å². The first-order valence-electron chi connectivity index (χ1n) is 12.5. The Bertz CT molecular complexity index is 1140. The van der Waals surface area contributed by atoms with Crippen molar-refractivity contribution in [1.82, 2.24) is 30.1 Å². The quantitative estimate of drug-likeness (QED) is 0.604. The van der Waals surface area contributed by atoms with Crippen molar-refractivity contribution in [1.29, 1.82) is 0 Å². The minimum atomic E-state index is -0.265. The molecule has 3 aromatic rings. The first-order chi connectivity index (χ1) is 16.1. The third kappa shape index (κ3) is 4.53. The molecule has 33 heavy (non-hydrogen) atoms. The maximum Gasteiger partial charge on any atom is 0.253 e. The summed E-state index contributed by atoms with van der Waals surface area (Å²) >= 11 is 0. The van der Waals surface area contributed by atoms with E-state index >= 15 is 0 Å². The molecule has 2 aliphatic rings. The van der Waals surface area contributed by atoms with Crippen molar-refractivity contribution in [2.24, 2.45) is 5.92 Å². The highest BCUT2D eigenvalue weighted by Crippen LogP contribution is 2.35. The number of pyridine rings is 1. The van der Waals surface area contributed by atoms with Gasteiger partial charge in [-0.2, -0.15) is 0 Å². The van der Waals surface area contributed by atoms with Crippen molar-refractivity contribution in [3.8, 4) is 5.75 Å². The number of rotatable bonds is 6. The molecule has 2 fully saturated rings. The van der Waals surface area contributed by atoms with Crippen molar-refractivity contribution >= 4 is 10.9 Å². The second-order valence-electron chi connectivity index (χ2n) is 9.63. The third-order valence-corrected chi connectivity index (χ3v) is 7.32. The summed E-state index contributed by atoms with van der Waals surface area (Å²) in [5.41, 5.74) is 1.44. The summed E-state index contributed by atoms with van der Waals surface area (Å²) in [7, 11) is 0. The van der Waals surface area contributed by atoms with Crippen molar-refractivity contribution in [2.45, 2.75) is 70.9 Å². The van der Waals surface area contributed by atoms with E-state index in [0.717, 1.165) is 61.2 Å². The van der Waals surface area contributed by atoms with Crippen molar-refractivity contribution in [2.75, 3.05) is 19.7 Å². The number of aromatic amines is 1. The number of nitrogens with one attached hydrogen (secondary N) is 1. The average molecular weight is 451 g/mol. The van der Waals surface area contributed by atoms with Gasteiger partial charge in [-0.05, 0) is 86.3 Å². The van der Waals surface area contributed by atoms with E-state index in [2.05, 4.69) is 32.3 Å². The molecule has 1 saturated heterocycles. The van der Waals surface area contributed by atoms with Gasteiger partial charge in [0.05, 0.1) is 12.6 Å². The van der Waals surface area contributed by atoms with Gasteiger partial charge in [0, 0.05) is 16.5 Å². The van der Waals surface area contributed by atoms with E-state index < -0.39 is 0 Å². The number of hydrogen-bond acceptors (Lipinski definition) is 6. The zero-order chi connectivity index (χ0) is 22.8. The maximum atomic E-state index is 13.4. The van der Waals surface area contributed by atoms with Crippen LogP contribution in [0.3, 0.4) is 0 Å². The number of fused-ring (bicyclic) bond motifs is 1. The lowest BCUT2D eigenvalue weighted by Gasteiger charge is -2.36. The standard InChI is InChI=1S/C25H34N6O2/c1-3-33-20-9-10-22-18(15-20)16-21(25(32)26-22)23(30-13-11-17(2)12-14-30)24-27-28-29-31(24)19-7-5-4-6-8-19/h9-10,15-17,19,23H,3-8,11-14H2,1-2H3,(H,26,32)/t23-/m1/s1. The van der Waals surface area contributed by atoms with Crippen molar-refractivity contribution in [3.05, 3.63) is 46.0 Å². The minimum absolute atomic E-state index is 0.0755. The highest BCUT2D eigenvalue weighted by atomic mass is 16.5. The van der Waals surface area contributed by atoms with Gasteiger partial charge in [0.25, 0.3) is 5.56 Å². The Hall–Kier alpha value is -2.74. The summed E-state index contributed by atoms with van der Waals surface area (Å²) in [6, 6.07) is 7.86. The summed E-state index contributed by atoms with van der Waals surface area (Å²) in [4.78, 5) is 18.9. The zero-order valence-electron chi connectivity index (χ0n) is 19.7. The van der Waals surface area contributed by atoms with Gasteiger partial charge >= 0.3 is 0 Å². The summed E-state index contributed by atoms with van der Waals surface area (Å²) in [5.74, 6) is 2.29. The number of benzene rings is 1. The van der Waals surface area contributed by atoms with Crippen LogP contribution in [0, 0.1) is 5.92 Å². The maximum absolute atomic E-state index is 13.4. The van der Waals surface area contributed by atoms with E-state index in [1.165, 1.54) is 19.3 Å². The second kappa shape index (κ2) is 9.63. The molecule has 176 valence electrons. The Labute approximate surface area is 194 Å². The largest absolute Gasteiger partial charge is 0.494 e. The molecule has 0 spiro atoms. The molecule has 0 radical (unpaired) electrons. The highest BCUT2D eigenvalue weighted by Gasteiger charge is 2.34. The Morgan fingerprint density at radius 1 is 1.12 bits per heavy atom. The monoisotopic (exact) mass is 450 g/mol. The van der Waals surface area contributed by atoms with Crippen LogP contribution < -0.4 is 10.3 Å². The van der Waals surface area contributed by atoms with E-state index in [4.69, 9.17) is 4.74 Å². The Balaban J connectivity index is 1.61. The van der Waals surface area contributed by atoms with Gasteiger partial charge in [-0.3, -0.25) is 9.69 Å². The SMILES string of the molecule is CCOc1ccc2[nH]c(=O)c([C@H](c3nnnn3C3CCCCC3)N3CCC(C)CC3)cc2c1. The number of likely N-dealkylation sites (tertiary alicyclic amines) is 1. The van der Waals surface area contributed by atoms with E-state index in [1.54, 1.807) is 0 Å². The minimum Gasteiger partial charge on any atom is -0.494 e. The predicted octanol–water partition coefficient (Wildman–Crippen LogP) is 4.24. The van der Waals surface area contributed by atoms with Gasteiger partial charge in [-0.1, -0.05) is 26.2 Å². The summed E-state index contributed by atoms with van der Waals surface area (Å²) in [6.45, 7) is 6.74. The molecule has 3 heterocycles. The average Bonchev–Trinajstić information content (AvgIpc) is 3.31. The predicted molar refractivity (Wildman–Crippen MR) is 127 cm³/mol. The van der Waals surface area contributed by atoms with Crippen LogP contribution in [-0.2, 0) is 0 Å². The van der Waals surface area contributed by atoms with Crippen LogP contribution in [0.5, 0.6) is 5.75 Å². The number of ether oxygens (including phenoxy) is 1. The summed E-state index contributed by atoms with van der Waals surface area (Å²) in [6.07, 6.45) is 8.08. The number of aromatic nitrogens is 5. The molecule has 8 nitrogen and oxygen atoms in total. The van der Waals surface area contributed by atoms with Crippen LogP contribution in [0.2, 0.25) is 0 Å². The number of H-pyrrole nitrogens is 1. The molecule has 5 rings (SSSR count). The number of hydrogen-bond donors (Lipinski definition) is 1. The third-order valence-electron chi connectivity index (χ3n) is 7.32.